The van der Waals surface area contributed by atoms with Gasteiger partial charge in [0, 0.05) is 0 Å². The molecule has 2 rings (SSSR count). The van der Waals surface area contributed by atoms with Crippen molar-refractivity contribution in [2.75, 3.05) is 23.0 Å². The Balaban J connectivity index is 1.74. The van der Waals surface area contributed by atoms with Crippen LogP contribution in [-0.2, 0) is 19.4 Å². The van der Waals surface area contributed by atoms with Crippen molar-refractivity contribution in [1.82, 2.24) is 10.2 Å². The molecule has 0 saturated carbocycles. The van der Waals surface area contributed by atoms with Gasteiger partial charge in [-0.3, -0.25) is 4.79 Å². The SMILES string of the molecule is CCSc1nnc(SCC(=O)O[C@@H]2CCS(=O)(=O)C2)s1. The Labute approximate surface area is 130 Å². The van der Waals surface area contributed by atoms with E-state index in [1.165, 1.54) is 23.1 Å². The van der Waals surface area contributed by atoms with Crippen LogP contribution in [0.2, 0.25) is 0 Å². The van der Waals surface area contributed by atoms with Gasteiger partial charge in [0.1, 0.15) is 6.10 Å². The van der Waals surface area contributed by atoms with Crippen LogP contribution in [0.5, 0.6) is 0 Å². The van der Waals surface area contributed by atoms with E-state index in [1.807, 2.05) is 6.92 Å². The summed E-state index contributed by atoms with van der Waals surface area (Å²) >= 11 is 4.31. The fraction of sp³-hybridized carbons (Fsp3) is 0.700. The van der Waals surface area contributed by atoms with E-state index in [2.05, 4.69) is 10.2 Å². The predicted molar refractivity (Wildman–Crippen MR) is 80.2 cm³/mol. The van der Waals surface area contributed by atoms with Crippen LogP contribution in [-0.4, -0.2) is 53.7 Å². The maximum absolute atomic E-state index is 11.6. The van der Waals surface area contributed by atoms with E-state index < -0.39 is 21.9 Å². The van der Waals surface area contributed by atoms with Crippen molar-refractivity contribution >= 4 is 50.7 Å². The monoisotopic (exact) mass is 354 g/mol. The van der Waals surface area contributed by atoms with E-state index in [1.54, 1.807) is 11.8 Å². The fourth-order valence-electron chi connectivity index (χ4n) is 1.63. The molecular weight excluding hydrogens is 340 g/mol. The van der Waals surface area contributed by atoms with Crippen molar-refractivity contribution in [3.8, 4) is 0 Å². The zero-order valence-electron chi connectivity index (χ0n) is 10.8. The molecule has 1 atom stereocenters. The molecule has 1 aromatic rings. The highest BCUT2D eigenvalue weighted by Crippen LogP contribution is 2.28. The van der Waals surface area contributed by atoms with E-state index in [-0.39, 0.29) is 17.3 Å². The van der Waals surface area contributed by atoms with Crippen LogP contribution >= 0.6 is 34.9 Å². The van der Waals surface area contributed by atoms with Crippen molar-refractivity contribution in [2.24, 2.45) is 0 Å². The number of nitrogens with zero attached hydrogens (tertiary/aromatic N) is 2. The van der Waals surface area contributed by atoms with Crippen molar-refractivity contribution in [1.29, 1.82) is 0 Å². The summed E-state index contributed by atoms with van der Waals surface area (Å²) in [6, 6.07) is 0. The second-order valence-electron chi connectivity index (χ2n) is 4.07. The average molecular weight is 355 g/mol. The number of esters is 1. The first kappa shape index (κ1) is 16.1. The largest absolute Gasteiger partial charge is 0.461 e. The molecule has 6 nitrogen and oxygen atoms in total. The first-order valence-electron chi connectivity index (χ1n) is 5.97. The predicted octanol–water partition coefficient (Wildman–Crippen LogP) is 1.47. The first-order chi connectivity index (χ1) is 9.48. The third-order valence-electron chi connectivity index (χ3n) is 2.46. The van der Waals surface area contributed by atoms with Crippen molar-refractivity contribution in [3.63, 3.8) is 0 Å². The fourth-order valence-corrected chi connectivity index (χ4v) is 5.92. The van der Waals surface area contributed by atoms with E-state index in [0.717, 1.165) is 14.4 Å². The maximum Gasteiger partial charge on any atom is 0.316 e. The van der Waals surface area contributed by atoms with Crippen LogP contribution in [0.3, 0.4) is 0 Å². The molecule has 1 saturated heterocycles. The summed E-state index contributed by atoms with van der Waals surface area (Å²) in [7, 11) is -3.02. The van der Waals surface area contributed by atoms with Crippen molar-refractivity contribution < 1.29 is 17.9 Å². The zero-order chi connectivity index (χ0) is 14.6. The Hall–Kier alpha value is -0.320. The number of ether oxygens (including phenoxy) is 1. The van der Waals surface area contributed by atoms with Gasteiger partial charge in [0.05, 0.1) is 17.3 Å². The average Bonchev–Trinajstić information content (AvgIpc) is 2.94. The summed E-state index contributed by atoms with van der Waals surface area (Å²) in [4.78, 5) is 11.6. The highest BCUT2D eigenvalue weighted by molar-refractivity contribution is 8.03. The molecule has 0 amide bonds. The van der Waals surface area contributed by atoms with Crippen LogP contribution in [0, 0.1) is 0 Å². The zero-order valence-corrected chi connectivity index (χ0v) is 14.0. The number of carbonyl (C=O) groups is 1. The molecule has 1 aliphatic heterocycles. The minimum Gasteiger partial charge on any atom is -0.461 e. The lowest BCUT2D eigenvalue weighted by Crippen LogP contribution is -2.20. The molecule has 0 radical (unpaired) electrons. The summed E-state index contributed by atoms with van der Waals surface area (Å²) in [5.74, 6) is 0.697. The molecule has 1 aromatic heterocycles. The van der Waals surface area contributed by atoms with Gasteiger partial charge in [-0.2, -0.15) is 0 Å². The summed E-state index contributed by atoms with van der Waals surface area (Å²) < 4.78 is 29.2. The summed E-state index contributed by atoms with van der Waals surface area (Å²) in [5, 5.41) is 7.95. The van der Waals surface area contributed by atoms with Crippen LogP contribution in [0.25, 0.3) is 0 Å². The highest BCUT2D eigenvalue weighted by Gasteiger charge is 2.30. The maximum atomic E-state index is 11.6. The quantitative estimate of drug-likeness (QED) is 0.561. The molecule has 0 spiro atoms. The first-order valence-corrected chi connectivity index (χ1v) is 10.6. The number of sulfone groups is 1. The molecule has 112 valence electrons. The third-order valence-corrected chi connectivity index (χ3v) is 7.24. The number of hydrogen-bond donors (Lipinski definition) is 0. The second-order valence-corrected chi connectivity index (χ2v) is 10.0. The van der Waals surface area contributed by atoms with Crippen LogP contribution < -0.4 is 0 Å². The summed E-state index contributed by atoms with van der Waals surface area (Å²) in [5.41, 5.74) is 0. The van der Waals surface area contributed by atoms with E-state index >= 15 is 0 Å². The second kappa shape index (κ2) is 7.10. The van der Waals surface area contributed by atoms with Gasteiger partial charge < -0.3 is 4.74 Å². The summed E-state index contributed by atoms with van der Waals surface area (Å²) in [6.45, 7) is 2.03. The molecule has 10 heteroatoms. The van der Waals surface area contributed by atoms with Gasteiger partial charge in [0.25, 0.3) is 0 Å². The Morgan fingerprint density at radius 2 is 2.10 bits per heavy atom. The number of carbonyl (C=O) groups excluding carboxylic acids is 1. The van der Waals surface area contributed by atoms with Gasteiger partial charge in [0.2, 0.25) is 0 Å². The molecule has 0 unspecified atom stereocenters. The lowest BCUT2D eigenvalue weighted by atomic mass is 10.3. The van der Waals surface area contributed by atoms with Gasteiger partial charge in [-0.25, -0.2) is 8.42 Å². The topological polar surface area (TPSA) is 86.2 Å². The minimum atomic E-state index is -3.02. The molecule has 0 N–H and O–H groups in total. The molecule has 0 aromatic carbocycles. The molecule has 2 heterocycles. The number of thioether (sulfide) groups is 2. The Bertz CT molecular complexity index is 572. The molecule has 20 heavy (non-hydrogen) atoms. The minimum absolute atomic E-state index is 0.0560. The van der Waals surface area contributed by atoms with Crippen molar-refractivity contribution in [3.05, 3.63) is 0 Å². The molecule has 0 aliphatic carbocycles. The number of hydrogen-bond acceptors (Lipinski definition) is 9. The number of rotatable bonds is 6. The lowest BCUT2D eigenvalue weighted by molar-refractivity contribution is -0.144. The molecule has 0 bridgehead atoms. The van der Waals surface area contributed by atoms with E-state index in [9.17, 15) is 13.2 Å². The normalized spacial score (nSPS) is 20.9. The summed E-state index contributed by atoms with van der Waals surface area (Å²) in [6.07, 6.45) is -0.0943. The smallest absolute Gasteiger partial charge is 0.316 e. The standard InChI is InChI=1S/C10H14N2O4S4/c1-2-17-9-11-12-10(19-9)18-5-8(13)16-7-3-4-20(14,15)6-7/h7H,2-6H2,1H3/t7-/m1/s1. The van der Waals surface area contributed by atoms with Crippen LogP contribution in [0.1, 0.15) is 13.3 Å². The number of aromatic nitrogens is 2. The van der Waals surface area contributed by atoms with Gasteiger partial charge >= 0.3 is 5.97 Å². The Kier molecular flexibility index (Phi) is 5.70. The third kappa shape index (κ3) is 4.90. The van der Waals surface area contributed by atoms with Crippen LogP contribution in [0.15, 0.2) is 8.68 Å². The Morgan fingerprint density at radius 1 is 1.40 bits per heavy atom. The lowest BCUT2D eigenvalue weighted by Gasteiger charge is -2.08. The van der Waals surface area contributed by atoms with Crippen LogP contribution in [0.4, 0.5) is 0 Å². The van der Waals surface area contributed by atoms with Crippen molar-refractivity contribution in [2.45, 2.75) is 28.1 Å². The van der Waals surface area contributed by atoms with Gasteiger partial charge in [-0.05, 0) is 12.2 Å². The molecule has 1 aliphatic rings. The molecule has 1 fully saturated rings. The van der Waals surface area contributed by atoms with Gasteiger partial charge in [-0.15, -0.1) is 10.2 Å². The van der Waals surface area contributed by atoms with E-state index in [0.29, 0.717) is 6.42 Å². The highest BCUT2D eigenvalue weighted by atomic mass is 32.2. The van der Waals surface area contributed by atoms with Gasteiger partial charge in [-0.1, -0.05) is 41.8 Å². The van der Waals surface area contributed by atoms with E-state index in [4.69, 9.17) is 4.74 Å². The Morgan fingerprint density at radius 3 is 2.70 bits per heavy atom. The molecular formula is C10H14N2O4S4. The van der Waals surface area contributed by atoms with Gasteiger partial charge in [0.15, 0.2) is 18.5 Å².